The van der Waals surface area contributed by atoms with Gasteiger partial charge in [0.2, 0.25) is 0 Å². The van der Waals surface area contributed by atoms with E-state index in [4.69, 9.17) is 0 Å². The first-order valence-electron chi connectivity index (χ1n) is 6.44. The molecule has 1 aliphatic carbocycles. The zero-order valence-corrected chi connectivity index (χ0v) is 10.4. The van der Waals surface area contributed by atoms with E-state index in [1.807, 2.05) is 0 Å². The molecule has 0 nitrogen and oxygen atoms in total. The molecule has 0 spiro atoms. The molecule has 0 aromatic heterocycles. The minimum absolute atomic E-state index is 1.10. The number of hydrogen-bond donors (Lipinski definition) is 0. The number of fused-ring (bicyclic) bond motifs is 6. The van der Waals surface area contributed by atoms with Crippen LogP contribution in [0.4, 0.5) is 0 Å². The molecule has 18 heavy (non-hydrogen) atoms. The van der Waals surface area contributed by atoms with Gasteiger partial charge in [-0.05, 0) is 46.0 Å². The number of allylic oxidation sites excluding steroid dienone is 1. The molecular weight excluding hydrogens is 216 g/mol. The van der Waals surface area contributed by atoms with Crippen molar-refractivity contribution < 1.29 is 0 Å². The van der Waals surface area contributed by atoms with Gasteiger partial charge in [0.25, 0.3) is 0 Å². The van der Waals surface area contributed by atoms with Crippen molar-refractivity contribution in [3.8, 4) is 0 Å². The fourth-order valence-corrected chi connectivity index (χ4v) is 3.17. The molecule has 0 radical (unpaired) electrons. The van der Waals surface area contributed by atoms with Gasteiger partial charge in [0.15, 0.2) is 0 Å². The quantitative estimate of drug-likeness (QED) is 0.479. The summed E-state index contributed by atoms with van der Waals surface area (Å²) < 4.78 is 0. The highest BCUT2D eigenvalue weighted by Gasteiger charge is 2.16. The third-order valence-electron chi connectivity index (χ3n) is 3.93. The van der Waals surface area contributed by atoms with Crippen molar-refractivity contribution in [2.75, 3.05) is 0 Å². The molecule has 0 fully saturated rings. The van der Waals surface area contributed by atoms with Crippen molar-refractivity contribution in [1.29, 1.82) is 0 Å². The third kappa shape index (κ3) is 1.20. The molecule has 0 heterocycles. The Hall–Kier alpha value is -2.08. The van der Waals surface area contributed by atoms with Gasteiger partial charge in [0.05, 0.1) is 0 Å². The van der Waals surface area contributed by atoms with Crippen LogP contribution < -0.4 is 0 Å². The van der Waals surface area contributed by atoms with Gasteiger partial charge in [-0.2, -0.15) is 0 Å². The fraction of sp³-hybridized carbons (Fsp3) is 0.111. The Morgan fingerprint density at radius 1 is 0.722 bits per heavy atom. The first-order valence-corrected chi connectivity index (χ1v) is 6.44. The molecule has 0 bridgehead atoms. The maximum Gasteiger partial charge on any atom is -0.00542 e. The average Bonchev–Trinajstić information content (AvgIpc) is 2.81. The largest absolute Gasteiger partial charge is 0.0683 e. The second kappa shape index (κ2) is 3.46. The molecule has 4 rings (SSSR count). The van der Waals surface area contributed by atoms with Gasteiger partial charge in [-0.25, -0.2) is 0 Å². The van der Waals surface area contributed by atoms with E-state index < -0.39 is 0 Å². The van der Waals surface area contributed by atoms with Crippen LogP contribution in [0.15, 0.2) is 54.1 Å². The number of hydrogen-bond acceptors (Lipinski definition) is 0. The van der Waals surface area contributed by atoms with E-state index in [1.54, 1.807) is 0 Å². The minimum atomic E-state index is 1.10. The van der Waals surface area contributed by atoms with Crippen LogP contribution in [-0.2, 0) is 6.42 Å². The highest BCUT2D eigenvalue weighted by molar-refractivity contribution is 6.13. The van der Waals surface area contributed by atoms with Crippen LogP contribution in [0.2, 0.25) is 0 Å². The Balaban J connectivity index is 2.32. The monoisotopic (exact) mass is 230 g/mol. The number of benzene rings is 3. The van der Waals surface area contributed by atoms with Crippen molar-refractivity contribution in [1.82, 2.24) is 0 Å². The first-order chi connectivity index (χ1) is 8.84. The van der Waals surface area contributed by atoms with E-state index in [2.05, 4.69) is 61.5 Å². The maximum atomic E-state index is 2.35. The molecule has 0 atom stereocenters. The topological polar surface area (TPSA) is 0 Å². The summed E-state index contributed by atoms with van der Waals surface area (Å²) in [6.45, 7) is 2.23. The molecule has 0 amide bonds. The summed E-state index contributed by atoms with van der Waals surface area (Å²) in [5.41, 5.74) is 4.40. The average molecular weight is 230 g/mol. The standard InChI is InChI=1S/C18H14/c1-12-10-17-15-8-4-2-6-13(15)14-7-3-5-9-16(14)18(17)11-12/h2-10H,11H2,1H3. The van der Waals surface area contributed by atoms with Gasteiger partial charge < -0.3 is 0 Å². The SMILES string of the molecule is CC1=Cc2c(c3ccccc3c3ccccc23)C1. The summed E-state index contributed by atoms with van der Waals surface area (Å²) in [4.78, 5) is 0. The van der Waals surface area contributed by atoms with E-state index in [1.165, 1.54) is 38.2 Å². The molecule has 0 aliphatic heterocycles. The molecule has 1 aliphatic rings. The Bertz CT molecular complexity index is 807. The van der Waals surface area contributed by atoms with Gasteiger partial charge >= 0.3 is 0 Å². The highest BCUT2D eigenvalue weighted by atomic mass is 14.2. The van der Waals surface area contributed by atoms with Gasteiger partial charge in [0.1, 0.15) is 0 Å². The molecule has 0 saturated heterocycles. The predicted molar refractivity (Wildman–Crippen MR) is 78.8 cm³/mol. The highest BCUT2D eigenvalue weighted by Crippen LogP contribution is 2.38. The Morgan fingerprint density at radius 2 is 1.28 bits per heavy atom. The lowest BCUT2D eigenvalue weighted by molar-refractivity contribution is 1.22. The normalized spacial score (nSPS) is 13.9. The van der Waals surface area contributed by atoms with Crippen LogP contribution in [-0.4, -0.2) is 0 Å². The van der Waals surface area contributed by atoms with E-state index in [0.29, 0.717) is 0 Å². The molecule has 0 N–H and O–H groups in total. The van der Waals surface area contributed by atoms with Crippen LogP contribution >= 0.6 is 0 Å². The minimum Gasteiger partial charge on any atom is -0.0683 e. The Labute approximate surface area is 107 Å². The second-order valence-electron chi connectivity index (χ2n) is 5.15. The summed E-state index contributed by atoms with van der Waals surface area (Å²) >= 11 is 0. The zero-order chi connectivity index (χ0) is 12.1. The van der Waals surface area contributed by atoms with Crippen molar-refractivity contribution in [3.63, 3.8) is 0 Å². The van der Waals surface area contributed by atoms with Crippen LogP contribution in [0.5, 0.6) is 0 Å². The summed E-state index contributed by atoms with van der Waals surface area (Å²) in [6.07, 6.45) is 3.45. The van der Waals surface area contributed by atoms with Crippen molar-refractivity contribution in [2.24, 2.45) is 0 Å². The van der Waals surface area contributed by atoms with Gasteiger partial charge in [-0.3, -0.25) is 0 Å². The van der Waals surface area contributed by atoms with Crippen LogP contribution in [0.1, 0.15) is 18.1 Å². The molecule has 86 valence electrons. The molecular formula is C18H14. The van der Waals surface area contributed by atoms with Crippen molar-refractivity contribution >= 4 is 27.6 Å². The Morgan fingerprint density at radius 3 is 2.00 bits per heavy atom. The lowest BCUT2D eigenvalue weighted by atomic mass is 9.93. The second-order valence-corrected chi connectivity index (χ2v) is 5.15. The summed E-state index contributed by atoms with van der Waals surface area (Å²) in [5, 5.41) is 5.56. The first kappa shape index (κ1) is 9.90. The predicted octanol–water partition coefficient (Wildman–Crippen LogP) is 4.95. The lowest BCUT2D eigenvalue weighted by Gasteiger charge is -2.11. The molecule has 0 unspecified atom stereocenters. The van der Waals surface area contributed by atoms with E-state index in [0.717, 1.165) is 6.42 Å². The van der Waals surface area contributed by atoms with Crippen LogP contribution in [0.25, 0.3) is 27.6 Å². The van der Waals surface area contributed by atoms with Gasteiger partial charge in [0, 0.05) is 0 Å². The molecule has 3 aromatic rings. The lowest BCUT2D eigenvalue weighted by Crippen LogP contribution is -1.89. The summed E-state index contributed by atoms with van der Waals surface area (Å²) in [6, 6.07) is 17.5. The maximum absolute atomic E-state index is 2.35. The zero-order valence-electron chi connectivity index (χ0n) is 10.4. The van der Waals surface area contributed by atoms with E-state index in [-0.39, 0.29) is 0 Å². The smallest absolute Gasteiger partial charge is 0.00542 e. The van der Waals surface area contributed by atoms with E-state index >= 15 is 0 Å². The number of rotatable bonds is 0. The molecule has 0 heteroatoms. The van der Waals surface area contributed by atoms with Crippen molar-refractivity contribution in [3.05, 3.63) is 65.2 Å². The Kier molecular flexibility index (Phi) is 1.90. The van der Waals surface area contributed by atoms with Crippen LogP contribution in [0.3, 0.4) is 0 Å². The van der Waals surface area contributed by atoms with Crippen LogP contribution in [0, 0.1) is 0 Å². The van der Waals surface area contributed by atoms with E-state index in [9.17, 15) is 0 Å². The van der Waals surface area contributed by atoms with Gasteiger partial charge in [-0.15, -0.1) is 0 Å². The fourth-order valence-electron chi connectivity index (χ4n) is 3.17. The van der Waals surface area contributed by atoms with Crippen molar-refractivity contribution in [2.45, 2.75) is 13.3 Å². The summed E-state index contributed by atoms with van der Waals surface area (Å²) in [5.74, 6) is 0. The van der Waals surface area contributed by atoms with Gasteiger partial charge in [-0.1, -0.05) is 60.2 Å². The summed E-state index contributed by atoms with van der Waals surface area (Å²) in [7, 11) is 0. The molecule has 3 aromatic carbocycles. The molecule has 0 saturated carbocycles. The third-order valence-corrected chi connectivity index (χ3v) is 3.93.